The zero-order valence-electron chi connectivity index (χ0n) is 14.9. The predicted molar refractivity (Wildman–Crippen MR) is 98.6 cm³/mol. The van der Waals surface area contributed by atoms with E-state index in [1.165, 1.54) is 0 Å². The van der Waals surface area contributed by atoms with Crippen LogP contribution in [0.4, 0.5) is 18.9 Å². The summed E-state index contributed by atoms with van der Waals surface area (Å²) in [5.74, 6) is -5.63. The fourth-order valence-corrected chi connectivity index (χ4v) is 2.57. The Bertz CT molecular complexity index is 1150. The molecule has 0 saturated carbocycles. The Labute approximate surface area is 162 Å². The molecule has 0 bridgehead atoms. The van der Waals surface area contributed by atoms with E-state index in [0.717, 1.165) is 6.07 Å². The molecule has 0 spiro atoms. The molecule has 0 atom stereocenters. The van der Waals surface area contributed by atoms with E-state index in [2.05, 4.69) is 15.3 Å². The molecular weight excluding hydrogens is 389 g/mol. The van der Waals surface area contributed by atoms with E-state index < -0.39 is 41.5 Å². The zero-order valence-corrected chi connectivity index (χ0v) is 14.9. The predicted octanol–water partition coefficient (Wildman–Crippen LogP) is 2.03. The van der Waals surface area contributed by atoms with Crippen LogP contribution in [0.2, 0.25) is 0 Å². The molecule has 1 heterocycles. The highest BCUT2D eigenvalue weighted by Crippen LogP contribution is 2.19. The summed E-state index contributed by atoms with van der Waals surface area (Å²) in [5.41, 5.74) is -0.361. The van der Waals surface area contributed by atoms with Gasteiger partial charge in [0.15, 0.2) is 17.5 Å². The molecule has 2 amide bonds. The summed E-state index contributed by atoms with van der Waals surface area (Å²) in [4.78, 5) is 42.5. The quantitative estimate of drug-likeness (QED) is 0.547. The second-order valence-corrected chi connectivity index (χ2v) is 6.08. The van der Waals surface area contributed by atoms with Crippen LogP contribution >= 0.6 is 0 Å². The number of anilines is 1. The van der Waals surface area contributed by atoms with Crippen LogP contribution in [0.25, 0.3) is 10.9 Å². The standard InChI is InChI=1S/C19H15F3N4O3/c20-11-5-6-13(18(22)17(11)21)25-16(28)9-23-15(27)8-7-14-24-12-4-2-1-3-10(12)19(29)26-14/h1-6H,7-9H2,(H,23,27)(H,25,28)(H,24,26,29). The van der Waals surface area contributed by atoms with Crippen molar-refractivity contribution >= 4 is 28.4 Å². The van der Waals surface area contributed by atoms with E-state index >= 15 is 0 Å². The molecule has 2 aromatic carbocycles. The minimum atomic E-state index is -1.70. The van der Waals surface area contributed by atoms with Gasteiger partial charge in [-0.25, -0.2) is 18.2 Å². The van der Waals surface area contributed by atoms with Gasteiger partial charge < -0.3 is 15.6 Å². The molecule has 3 N–H and O–H groups in total. The first-order valence-corrected chi connectivity index (χ1v) is 8.53. The van der Waals surface area contributed by atoms with Crippen molar-refractivity contribution in [3.63, 3.8) is 0 Å². The first kappa shape index (κ1) is 20.1. The number of H-pyrrole nitrogens is 1. The number of aromatic nitrogens is 2. The number of fused-ring (bicyclic) bond motifs is 1. The smallest absolute Gasteiger partial charge is 0.258 e. The molecule has 0 radical (unpaired) electrons. The maximum absolute atomic E-state index is 13.5. The zero-order chi connectivity index (χ0) is 21.0. The van der Waals surface area contributed by atoms with E-state index in [1.54, 1.807) is 24.3 Å². The number of hydrogen-bond acceptors (Lipinski definition) is 4. The van der Waals surface area contributed by atoms with Crippen molar-refractivity contribution in [2.24, 2.45) is 0 Å². The van der Waals surface area contributed by atoms with Crippen molar-refractivity contribution in [1.82, 2.24) is 15.3 Å². The van der Waals surface area contributed by atoms with Crippen LogP contribution in [0.5, 0.6) is 0 Å². The highest BCUT2D eigenvalue weighted by Gasteiger charge is 2.15. The highest BCUT2D eigenvalue weighted by atomic mass is 19.2. The van der Waals surface area contributed by atoms with Gasteiger partial charge in [0, 0.05) is 12.8 Å². The molecule has 1 aromatic heterocycles. The Morgan fingerprint density at radius 3 is 2.55 bits per heavy atom. The highest BCUT2D eigenvalue weighted by molar-refractivity contribution is 5.94. The summed E-state index contributed by atoms with van der Waals surface area (Å²) in [6.07, 6.45) is 0.0689. The summed E-state index contributed by atoms with van der Waals surface area (Å²) in [6, 6.07) is 8.30. The second kappa shape index (κ2) is 8.55. The van der Waals surface area contributed by atoms with Gasteiger partial charge in [-0.15, -0.1) is 0 Å². The van der Waals surface area contributed by atoms with Gasteiger partial charge in [-0.1, -0.05) is 12.1 Å². The monoisotopic (exact) mass is 404 g/mol. The first-order chi connectivity index (χ1) is 13.8. The summed E-state index contributed by atoms with van der Waals surface area (Å²) < 4.78 is 39.5. The van der Waals surface area contributed by atoms with E-state index in [0.29, 0.717) is 22.8 Å². The number of nitrogens with one attached hydrogen (secondary N) is 3. The number of benzene rings is 2. The van der Waals surface area contributed by atoms with Crippen LogP contribution in [-0.2, 0) is 16.0 Å². The number of carbonyl (C=O) groups is 2. The van der Waals surface area contributed by atoms with Gasteiger partial charge in [0.25, 0.3) is 5.56 Å². The molecule has 3 aromatic rings. The fourth-order valence-electron chi connectivity index (χ4n) is 2.57. The Morgan fingerprint density at radius 1 is 1.00 bits per heavy atom. The maximum Gasteiger partial charge on any atom is 0.258 e. The summed E-state index contributed by atoms with van der Waals surface area (Å²) in [7, 11) is 0. The number of para-hydroxylation sites is 1. The molecule has 3 rings (SSSR count). The molecule has 150 valence electrons. The normalized spacial score (nSPS) is 10.7. The number of carbonyl (C=O) groups excluding carboxylic acids is 2. The molecule has 0 aliphatic rings. The number of aromatic amines is 1. The Balaban J connectivity index is 1.52. The van der Waals surface area contributed by atoms with Crippen molar-refractivity contribution in [3.8, 4) is 0 Å². The number of hydrogen-bond donors (Lipinski definition) is 3. The van der Waals surface area contributed by atoms with E-state index in [1.807, 2.05) is 5.32 Å². The minimum Gasteiger partial charge on any atom is -0.347 e. The average Bonchev–Trinajstić information content (AvgIpc) is 2.71. The molecule has 10 heteroatoms. The average molecular weight is 404 g/mol. The SMILES string of the molecule is O=C(CCc1nc2ccccc2c(=O)[nH]1)NCC(=O)Nc1ccc(F)c(F)c1F. The molecule has 0 aliphatic heterocycles. The van der Waals surface area contributed by atoms with E-state index in [-0.39, 0.29) is 18.4 Å². The lowest BCUT2D eigenvalue weighted by atomic mass is 10.2. The first-order valence-electron chi connectivity index (χ1n) is 8.53. The Morgan fingerprint density at radius 2 is 1.76 bits per heavy atom. The van der Waals surface area contributed by atoms with Gasteiger partial charge in [-0.2, -0.15) is 0 Å². The fraction of sp³-hybridized carbons (Fsp3) is 0.158. The molecule has 0 saturated heterocycles. The lowest BCUT2D eigenvalue weighted by molar-refractivity contribution is -0.124. The maximum atomic E-state index is 13.5. The van der Waals surface area contributed by atoms with Gasteiger partial charge in [0.1, 0.15) is 5.82 Å². The molecule has 0 aliphatic carbocycles. The van der Waals surface area contributed by atoms with Crippen LogP contribution in [0.1, 0.15) is 12.2 Å². The molecule has 0 fully saturated rings. The lowest BCUT2D eigenvalue weighted by Gasteiger charge is -2.08. The van der Waals surface area contributed by atoms with Crippen molar-refractivity contribution < 1.29 is 22.8 Å². The van der Waals surface area contributed by atoms with Crippen molar-refractivity contribution in [3.05, 3.63) is 70.0 Å². The van der Waals surface area contributed by atoms with Crippen LogP contribution in [0, 0.1) is 17.5 Å². The largest absolute Gasteiger partial charge is 0.347 e. The summed E-state index contributed by atoms with van der Waals surface area (Å²) in [6.45, 7) is -0.501. The van der Waals surface area contributed by atoms with Crippen LogP contribution < -0.4 is 16.2 Å². The number of amides is 2. The number of rotatable bonds is 6. The lowest BCUT2D eigenvalue weighted by Crippen LogP contribution is -2.33. The van der Waals surface area contributed by atoms with Gasteiger partial charge in [-0.3, -0.25) is 14.4 Å². The summed E-state index contributed by atoms with van der Waals surface area (Å²) in [5, 5.41) is 4.78. The molecule has 29 heavy (non-hydrogen) atoms. The van der Waals surface area contributed by atoms with Crippen LogP contribution in [0.3, 0.4) is 0 Å². The van der Waals surface area contributed by atoms with E-state index in [4.69, 9.17) is 0 Å². The second-order valence-electron chi connectivity index (χ2n) is 6.08. The Hall–Kier alpha value is -3.69. The van der Waals surface area contributed by atoms with E-state index in [9.17, 15) is 27.6 Å². The van der Waals surface area contributed by atoms with Crippen molar-refractivity contribution in [1.29, 1.82) is 0 Å². The third-order valence-electron chi connectivity index (χ3n) is 4.01. The number of halogens is 3. The minimum absolute atomic E-state index is 0.0614. The topological polar surface area (TPSA) is 104 Å². The van der Waals surface area contributed by atoms with Gasteiger partial charge >= 0.3 is 0 Å². The number of aryl methyl sites for hydroxylation is 1. The van der Waals surface area contributed by atoms with Gasteiger partial charge in [0.05, 0.1) is 23.1 Å². The third kappa shape index (κ3) is 4.78. The molecule has 7 nitrogen and oxygen atoms in total. The van der Waals surface area contributed by atoms with Gasteiger partial charge in [0.2, 0.25) is 11.8 Å². The number of nitrogens with zero attached hydrogens (tertiary/aromatic N) is 1. The molecule has 0 unspecified atom stereocenters. The van der Waals surface area contributed by atoms with Crippen molar-refractivity contribution in [2.75, 3.05) is 11.9 Å². The third-order valence-corrected chi connectivity index (χ3v) is 4.01. The Kier molecular flexibility index (Phi) is 5.91. The summed E-state index contributed by atoms with van der Waals surface area (Å²) >= 11 is 0. The van der Waals surface area contributed by atoms with Crippen molar-refractivity contribution in [2.45, 2.75) is 12.8 Å². The van der Waals surface area contributed by atoms with Crippen LogP contribution in [0.15, 0.2) is 41.2 Å². The molecular formula is C19H15F3N4O3. The van der Waals surface area contributed by atoms with Gasteiger partial charge in [-0.05, 0) is 24.3 Å². The van der Waals surface area contributed by atoms with Crippen LogP contribution in [-0.4, -0.2) is 28.3 Å².